The lowest BCUT2D eigenvalue weighted by molar-refractivity contribution is -0.671. The predicted octanol–water partition coefficient (Wildman–Crippen LogP) is 3.84. The van der Waals surface area contributed by atoms with E-state index >= 15 is 0 Å². The lowest BCUT2D eigenvalue weighted by atomic mass is 10.1. The Labute approximate surface area is 350 Å². The van der Waals surface area contributed by atoms with E-state index in [0.29, 0.717) is 91.3 Å². The van der Waals surface area contributed by atoms with Crippen LogP contribution in [0.25, 0.3) is 0 Å². The van der Waals surface area contributed by atoms with Crippen LogP contribution in [0.5, 0.6) is 23.0 Å². The molecule has 4 aromatic rings. The fourth-order valence-corrected chi connectivity index (χ4v) is 5.37. The Hall–Kier alpha value is -6.71. The number of ether oxygens (including phenoxy) is 6. The summed E-state index contributed by atoms with van der Waals surface area (Å²) in [5, 5.41) is 11.2. The molecule has 15 nitrogen and oxygen atoms in total. The standard InChI is InChI=1S/C45H53N5O10/c1-4-22-55-26-28-59-40-14-10-38(11-15-40)57-24-20-48-43(52)35-9-6-8-34(30-35)42(51)46-18-7-19-47-44(53)36-31-37(33-50(3)32-36)45(54)49-21-25-58-39-12-16-41(17-13-39)60-29-27-56-23-5-2/h4-6,8-17,30-33H,1-2,7,18-29H2,3H3,(H3-,46,47,48,49,51,52,53,54)/p+1. The Bertz CT molecular complexity index is 1990. The highest BCUT2D eigenvalue weighted by molar-refractivity contribution is 6.00. The maximum absolute atomic E-state index is 12.9. The molecule has 0 aliphatic carbocycles. The highest BCUT2D eigenvalue weighted by atomic mass is 16.5. The molecule has 1 aromatic heterocycles. The van der Waals surface area contributed by atoms with Crippen LogP contribution < -0.4 is 44.8 Å². The lowest BCUT2D eigenvalue weighted by Crippen LogP contribution is -2.36. The Balaban J connectivity index is 1.10. The van der Waals surface area contributed by atoms with E-state index in [1.807, 2.05) is 0 Å². The van der Waals surface area contributed by atoms with Crippen molar-refractivity contribution >= 4 is 23.6 Å². The third kappa shape index (κ3) is 17.0. The summed E-state index contributed by atoms with van der Waals surface area (Å²) in [6, 6.07) is 22.2. The molecule has 4 rings (SSSR count). The van der Waals surface area contributed by atoms with Crippen LogP contribution in [0, 0.1) is 0 Å². The first-order valence-electron chi connectivity index (χ1n) is 19.6. The average Bonchev–Trinajstić information content (AvgIpc) is 3.26. The highest BCUT2D eigenvalue weighted by Crippen LogP contribution is 2.18. The van der Waals surface area contributed by atoms with Gasteiger partial charge in [0.25, 0.3) is 23.6 Å². The van der Waals surface area contributed by atoms with Crippen LogP contribution in [-0.2, 0) is 16.5 Å². The van der Waals surface area contributed by atoms with Gasteiger partial charge in [0, 0.05) is 24.2 Å². The Morgan fingerprint density at radius 2 is 0.850 bits per heavy atom. The summed E-state index contributed by atoms with van der Waals surface area (Å²) >= 11 is 0. The van der Waals surface area contributed by atoms with Gasteiger partial charge in [-0.1, -0.05) is 18.2 Å². The largest absolute Gasteiger partial charge is 0.492 e. The number of nitrogens with one attached hydrogen (secondary N) is 4. The van der Waals surface area contributed by atoms with E-state index in [0.717, 1.165) is 0 Å². The summed E-state index contributed by atoms with van der Waals surface area (Å²) in [6.45, 7) is 11.5. The van der Waals surface area contributed by atoms with Gasteiger partial charge >= 0.3 is 0 Å². The van der Waals surface area contributed by atoms with Gasteiger partial charge in [-0.15, -0.1) is 13.2 Å². The number of nitrogens with zero attached hydrogens (tertiary/aromatic N) is 1. The predicted molar refractivity (Wildman–Crippen MR) is 225 cm³/mol. The van der Waals surface area contributed by atoms with E-state index in [-0.39, 0.29) is 63.0 Å². The SMILES string of the molecule is C=CCOCCOc1ccc(OCCNC(=O)c2cccc(C(=O)NCCCNC(=O)c3cc(C(=O)NCCOc4ccc(OCCOCC=C)cc4)c[n+](C)c3)c2)cc1. The zero-order chi connectivity index (χ0) is 42.8. The third-order valence-corrected chi connectivity index (χ3v) is 8.26. The van der Waals surface area contributed by atoms with Gasteiger partial charge in [0.15, 0.2) is 12.4 Å². The van der Waals surface area contributed by atoms with Crippen molar-refractivity contribution in [3.05, 3.63) is 139 Å². The number of amides is 4. The second-order valence-corrected chi connectivity index (χ2v) is 13.0. The minimum absolute atomic E-state index is 0.240. The van der Waals surface area contributed by atoms with Crippen molar-refractivity contribution in [1.82, 2.24) is 21.3 Å². The minimum Gasteiger partial charge on any atom is -0.492 e. The minimum atomic E-state index is -0.361. The number of pyridine rings is 1. The number of hydrogen-bond acceptors (Lipinski definition) is 10. The molecule has 0 aliphatic rings. The number of aryl methyl sites for hydroxylation is 1. The van der Waals surface area contributed by atoms with Crippen molar-refractivity contribution in [2.75, 3.05) is 79.0 Å². The number of carbonyl (C=O) groups excluding carboxylic acids is 4. The fourth-order valence-electron chi connectivity index (χ4n) is 5.37. The highest BCUT2D eigenvalue weighted by Gasteiger charge is 2.17. The summed E-state index contributed by atoms with van der Waals surface area (Å²) < 4.78 is 34.9. The van der Waals surface area contributed by atoms with Gasteiger partial charge in [-0.2, -0.15) is 0 Å². The summed E-state index contributed by atoms with van der Waals surface area (Å²) in [4.78, 5) is 51.4. The molecule has 60 heavy (non-hydrogen) atoms. The van der Waals surface area contributed by atoms with Gasteiger partial charge in [0.2, 0.25) is 0 Å². The number of rotatable bonds is 28. The van der Waals surface area contributed by atoms with Crippen molar-refractivity contribution in [1.29, 1.82) is 0 Å². The first-order valence-corrected chi connectivity index (χ1v) is 19.6. The molecule has 318 valence electrons. The second-order valence-electron chi connectivity index (χ2n) is 13.0. The third-order valence-electron chi connectivity index (χ3n) is 8.26. The zero-order valence-electron chi connectivity index (χ0n) is 34.0. The van der Waals surface area contributed by atoms with E-state index in [2.05, 4.69) is 34.4 Å². The second kappa shape index (κ2) is 26.3. The molecular weight excluding hydrogens is 771 g/mol. The average molecular weight is 825 g/mol. The lowest BCUT2D eigenvalue weighted by Gasteiger charge is -2.10. The van der Waals surface area contributed by atoms with Gasteiger partial charge in [-0.3, -0.25) is 19.2 Å². The molecule has 3 aromatic carbocycles. The quantitative estimate of drug-likeness (QED) is 0.0374. The molecule has 15 heteroatoms. The first-order chi connectivity index (χ1) is 29.2. The van der Waals surface area contributed by atoms with E-state index in [4.69, 9.17) is 28.4 Å². The van der Waals surface area contributed by atoms with E-state index in [1.54, 1.807) is 103 Å². The van der Waals surface area contributed by atoms with Crippen LogP contribution in [0.2, 0.25) is 0 Å². The van der Waals surface area contributed by atoms with Crippen LogP contribution >= 0.6 is 0 Å². The number of benzene rings is 3. The maximum Gasteiger partial charge on any atom is 0.257 e. The van der Waals surface area contributed by atoms with Crippen LogP contribution in [-0.4, -0.2) is 103 Å². The Morgan fingerprint density at radius 1 is 0.500 bits per heavy atom. The van der Waals surface area contributed by atoms with Gasteiger partial charge < -0.3 is 49.7 Å². The molecule has 0 saturated carbocycles. The summed E-state index contributed by atoms with van der Waals surface area (Å²) in [5.74, 6) is 1.24. The molecule has 1 heterocycles. The maximum atomic E-state index is 12.9. The zero-order valence-corrected chi connectivity index (χ0v) is 34.0. The Morgan fingerprint density at radius 3 is 1.25 bits per heavy atom. The van der Waals surface area contributed by atoms with Crippen molar-refractivity contribution in [2.24, 2.45) is 7.05 Å². The van der Waals surface area contributed by atoms with Crippen LogP contribution in [0.15, 0.2) is 117 Å². The molecule has 0 radical (unpaired) electrons. The number of hydrogen-bond donors (Lipinski definition) is 4. The fraction of sp³-hybridized carbons (Fsp3) is 0.311. The van der Waals surface area contributed by atoms with Crippen molar-refractivity contribution in [2.45, 2.75) is 6.42 Å². The van der Waals surface area contributed by atoms with Crippen molar-refractivity contribution in [3.63, 3.8) is 0 Å². The molecule has 0 bridgehead atoms. The van der Waals surface area contributed by atoms with E-state index in [9.17, 15) is 19.2 Å². The molecule has 0 saturated heterocycles. The summed E-state index contributed by atoms with van der Waals surface area (Å²) in [5.41, 5.74) is 1.28. The summed E-state index contributed by atoms with van der Waals surface area (Å²) in [6.07, 6.45) is 7.05. The number of aromatic nitrogens is 1. The van der Waals surface area contributed by atoms with Crippen molar-refractivity contribution < 1.29 is 52.2 Å². The molecule has 0 fully saturated rings. The van der Waals surface area contributed by atoms with Crippen LogP contribution in [0.1, 0.15) is 47.9 Å². The summed E-state index contributed by atoms with van der Waals surface area (Å²) in [7, 11) is 1.73. The van der Waals surface area contributed by atoms with Crippen LogP contribution in [0.3, 0.4) is 0 Å². The molecule has 0 aliphatic heterocycles. The monoisotopic (exact) mass is 824 g/mol. The smallest absolute Gasteiger partial charge is 0.257 e. The van der Waals surface area contributed by atoms with Gasteiger partial charge in [0.05, 0.1) is 39.5 Å². The molecule has 0 atom stereocenters. The molecule has 4 N–H and O–H groups in total. The van der Waals surface area contributed by atoms with E-state index in [1.165, 1.54) is 12.1 Å². The normalized spacial score (nSPS) is 10.5. The molecular formula is C45H54N5O10+. The van der Waals surface area contributed by atoms with Gasteiger partial charge in [0.1, 0.15) is 67.6 Å². The topological polar surface area (TPSA) is 176 Å². The molecule has 4 amide bonds. The van der Waals surface area contributed by atoms with Crippen LogP contribution in [0.4, 0.5) is 0 Å². The number of carbonyl (C=O) groups is 4. The van der Waals surface area contributed by atoms with Crippen molar-refractivity contribution in [3.8, 4) is 23.0 Å². The van der Waals surface area contributed by atoms with Gasteiger partial charge in [-0.05, 0) is 79.2 Å². The van der Waals surface area contributed by atoms with Gasteiger partial charge in [-0.25, -0.2) is 4.57 Å². The molecule has 0 spiro atoms. The Kier molecular flexibility index (Phi) is 20.2. The molecule has 0 unspecified atom stereocenters. The van der Waals surface area contributed by atoms with E-state index < -0.39 is 0 Å². The first kappa shape index (κ1) is 46.0.